The first-order chi connectivity index (χ1) is 19.9. The Morgan fingerprint density at radius 3 is 1.68 bits per heavy atom. The summed E-state index contributed by atoms with van der Waals surface area (Å²) in [5.41, 5.74) is 14.8. The lowest BCUT2D eigenvalue weighted by Crippen LogP contribution is -1.95. The summed E-state index contributed by atoms with van der Waals surface area (Å²) in [5.74, 6) is 0. The Balaban J connectivity index is 1.52. The Hall–Kier alpha value is -5.27. The fourth-order valence-corrected chi connectivity index (χ4v) is 6.35. The van der Waals surface area contributed by atoms with Crippen LogP contribution in [0.15, 0.2) is 152 Å². The highest BCUT2D eigenvalue weighted by molar-refractivity contribution is 6.22. The fourth-order valence-electron chi connectivity index (χ4n) is 6.35. The van der Waals surface area contributed by atoms with Crippen molar-refractivity contribution in [2.75, 3.05) is 0 Å². The van der Waals surface area contributed by atoms with E-state index in [1.54, 1.807) is 0 Å². The number of hydrogen-bond donors (Lipinski definition) is 0. The van der Waals surface area contributed by atoms with Gasteiger partial charge in [-0.15, -0.1) is 0 Å². The predicted molar refractivity (Wildman–Crippen MR) is 168 cm³/mol. The molecule has 8 rings (SSSR count). The van der Waals surface area contributed by atoms with Crippen LogP contribution in [-0.4, -0.2) is 4.98 Å². The molecule has 186 valence electrons. The minimum absolute atomic E-state index is 0.979. The van der Waals surface area contributed by atoms with E-state index in [-0.39, 0.29) is 0 Å². The van der Waals surface area contributed by atoms with Crippen LogP contribution in [0.3, 0.4) is 0 Å². The lowest BCUT2D eigenvalue weighted by molar-refractivity contribution is 1.33. The van der Waals surface area contributed by atoms with Gasteiger partial charge in [0.2, 0.25) is 0 Å². The minimum Gasteiger partial charge on any atom is -0.256 e. The van der Waals surface area contributed by atoms with Crippen molar-refractivity contribution >= 4 is 10.8 Å². The van der Waals surface area contributed by atoms with Crippen LogP contribution in [0.25, 0.3) is 77.7 Å². The van der Waals surface area contributed by atoms with Crippen molar-refractivity contribution in [1.29, 1.82) is 0 Å². The molecule has 40 heavy (non-hydrogen) atoms. The van der Waals surface area contributed by atoms with Crippen molar-refractivity contribution in [2.45, 2.75) is 0 Å². The molecular formula is C39H25N. The topological polar surface area (TPSA) is 12.9 Å². The number of aromatic nitrogens is 1. The first-order valence-electron chi connectivity index (χ1n) is 13.7. The summed E-state index contributed by atoms with van der Waals surface area (Å²) in [6, 6.07) is 52.5. The van der Waals surface area contributed by atoms with Gasteiger partial charge in [-0.1, -0.05) is 121 Å². The van der Waals surface area contributed by atoms with Crippen LogP contribution in [-0.2, 0) is 0 Å². The summed E-state index contributed by atoms with van der Waals surface area (Å²) in [4.78, 5) is 4.64. The van der Waals surface area contributed by atoms with Crippen LogP contribution in [0.2, 0.25) is 0 Å². The summed E-state index contributed by atoms with van der Waals surface area (Å²) < 4.78 is 0. The van der Waals surface area contributed by atoms with Gasteiger partial charge in [0.25, 0.3) is 0 Å². The third-order valence-corrected chi connectivity index (χ3v) is 8.05. The molecule has 1 heteroatoms. The molecule has 0 saturated carbocycles. The maximum absolute atomic E-state index is 4.64. The van der Waals surface area contributed by atoms with Gasteiger partial charge in [0, 0.05) is 11.8 Å². The Morgan fingerprint density at radius 2 is 0.950 bits per heavy atom. The van der Waals surface area contributed by atoms with Gasteiger partial charge in [-0.3, -0.25) is 4.98 Å². The number of hydrogen-bond acceptors (Lipinski definition) is 1. The maximum Gasteiger partial charge on any atom is 0.0702 e. The Labute approximate surface area is 234 Å². The zero-order chi connectivity index (χ0) is 26.5. The van der Waals surface area contributed by atoms with E-state index in [4.69, 9.17) is 0 Å². The Morgan fingerprint density at radius 1 is 0.350 bits per heavy atom. The monoisotopic (exact) mass is 507 g/mol. The van der Waals surface area contributed by atoms with E-state index in [2.05, 4.69) is 138 Å². The second kappa shape index (κ2) is 9.18. The summed E-state index contributed by atoms with van der Waals surface area (Å²) in [6.07, 6.45) is 1.86. The van der Waals surface area contributed by atoms with Crippen molar-refractivity contribution in [1.82, 2.24) is 4.98 Å². The van der Waals surface area contributed by atoms with Crippen LogP contribution in [0.1, 0.15) is 0 Å². The van der Waals surface area contributed by atoms with Crippen LogP contribution >= 0.6 is 0 Å². The van der Waals surface area contributed by atoms with Crippen molar-refractivity contribution in [2.24, 2.45) is 0 Å². The maximum atomic E-state index is 4.64. The van der Waals surface area contributed by atoms with Gasteiger partial charge in [-0.05, 0) is 90.7 Å². The molecule has 0 N–H and O–H groups in total. The average molecular weight is 508 g/mol. The number of benzene rings is 6. The lowest BCUT2D eigenvalue weighted by Gasteiger charge is -2.21. The van der Waals surface area contributed by atoms with Crippen molar-refractivity contribution in [3.05, 3.63) is 152 Å². The molecule has 0 atom stereocenters. The number of nitrogens with zero attached hydrogens (tertiary/aromatic N) is 1. The third kappa shape index (κ3) is 3.52. The zero-order valence-corrected chi connectivity index (χ0v) is 21.9. The average Bonchev–Trinajstić information content (AvgIpc) is 3.38. The molecule has 0 saturated heterocycles. The van der Waals surface area contributed by atoms with E-state index in [9.17, 15) is 0 Å². The number of rotatable bonds is 4. The molecule has 7 aromatic rings. The molecule has 0 amide bonds. The molecular weight excluding hydrogens is 482 g/mol. The van der Waals surface area contributed by atoms with Crippen molar-refractivity contribution in [3.63, 3.8) is 0 Å². The standard InChI is InChI=1S/C39H25N/c1-3-12-26(13-4-1)33-25-34(29-18-9-19-30(24-29)35-22-7-8-23-40-35)37(28-14-5-2-6-15-28)39-32-21-11-17-27-16-10-20-31(36(27)32)38(33)39/h1-25H. The molecule has 1 aliphatic rings. The Kier molecular flexibility index (Phi) is 5.21. The first kappa shape index (κ1) is 22.7. The van der Waals surface area contributed by atoms with E-state index >= 15 is 0 Å². The molecule has 6 aromatic carbocycles. The molecule has 1 aromatic heterocycles. The van der Waals surface area contributed by atoms with Crippen LogP contribution in [0, 0.1) is 0 Å². The molecule has 0 spiro atoms. The van der Waals surface area contributed by atoms with Crippen LogP contribution in [0.5, 0.6) is 0 Å². The third-order valence-electron chi connectivity index (χ3n) is 8.05. The minimum atomic E-state index is 0.979. The second-order valence-corrected chi connectivity index (χ2v) is 10.3. The summed E-state index contributed by atoms with van der Waals surface area (Å²) in [7, 11) is 0. The molecule has 0 fully saturated rings. The van der Waals surface area contributed by atoms with Crippen molar-refractivity contribution in [3.8, 4) is 66.9 Å². The molecule has 1 aliphatic carbocycles. The van der Waals surface area contributed by atoms with Gasteiger partial charge in [0.15, 0.2) is 0 Å². The first-order valence-corrected chi connectivity index (χ1v) is 13.7. The molecule has 1 heterocycles. The van der Waals surface area contributed by atoms with E-state index in [0.29, 0.717) is 0 Å². The molecule has 0 aliphatic heterocycles. The predicted octanol–water partition coefficient (Wildman–Crippen LogP) is 10.6. The Bertz CT molecular complexity index is 2020. The van der Waals surface area contributed by atoms with E-state index in [0.717, 1.165) is 11.3 Å². The largest absolute Gasteiger partial charge is 0.256 e. The normalized spacial score (nSPS) is 11.5. The van der Waals surface area contributed by atoms with Crippen molar-refractivity contribution < 1.29 is 0 Å². The van der Waals surface area contributed by atoms with E-state index in [1.165, 1.54) is 66.4 Å². The second-order valence-electron chi connectivity index (χ2n) is 10.3. The molecule has 0 bridgehead atoms. The molecule has 1 nitrogen and oxygen atoms in total. The van der Waals surface area contributed by atoms with Gasteiger partial charge >= 0.3 is 0 Å². The highest BCUT2D eigenvalue weighted by Gasteiger charge is 2.30. The van der Waals surface area contributed by atoms with Gasteiger partial charge in [0.1, 0.15) is 0 Å². The van der Waals surface area contributed by atoms with Crippen LogP contribution < -0.4 is 0 Å². The summed E-state index contributed by atoms with van der Waals surface area (Å²) in [6.45, 7) is 0. The molecule has 0 unspecified atom stereocenters. The number of fused-ring (bicyclic) bond motifs is 3. The lowest BCUT2D eigenvalue weighted by atomic mass is 9.82. The highest BCUT2D eigenvalue weighted by atomic mass is 14.7. The SMILES string of the molecule is c1ccc(-c2cc(-c3cccc(-c4ccccn4)c3)c(-c3ccccc3)c3c2-c2cccc4cccc-3c24)cc1. The van der Waals surface area contributed by atoms with Crippen LogP contribution in [0.4, 0.5) is 0 Å². The molecule has 0 radical (unpaired) electrons. The van der Waals surface area contributed by atoms with Gasteiger partial charge in [0.05, 0.1) is 5.69 Å². The summed E-state index contributed by atoms with van der Waals surface area (Å²) in [5, 5.41) is 2.62. The fraction of sp³-hybridized carbons (Fsp3) is 0. The quantitative estimate of drug-likeness (QED) is 0.231. The number of pyridine rings is 1. The smallest absolute Gasteiger partial charge is 0.0702 e. The van der Waals surface area contributed by atoms with Gasteiger partial charge in [-0.25, -0.2) is 0 Å². The summed E-state index contributed by atoms with van der Waals surface area (Å²) >= 11 is 0. The van der Waals surface area contributed by atoms with E-state index < -0.39 is 0 Å². The highest BCUT2D eigenvalue weighted by Crippen LogP contribution is 2.57. The van der Waals surface area contributed by atoms with Gasteiger partial charge in [-0.2, -0.15) is 0 Å². The zero-order valence-electron chi connectivity index (χ0n) is 21.9. The van der Waals surface area contributed by atoms with Gasteiger partial charge < -0.3 is 0 Å². The van der Waals surface area contributed by atoms with E-state index in [1.807, 2.05) is 18.3 Å².